The number of carbonyl (C=O) groups is 1. The Balaban J connectivity index is 0.00000121. The molecule has 1 unspecified atom stereocenters. The maximum absolute atomic E-state index is 12.0. The van der Waals surface area contributed by atoms with Crippen LogP contribution in [0, 0.1) is 0 Å². The van der Waals surface area contributed by atoms with Gasteiger partial charge in [0.25, 0.3) is 0 Å². The highest BCUT2D eigenvalue weighted by Gasteiger charge is 2.34. The number of carbonyl (C=O) groups excluding carboxylic acids is 1. The Labute approximate surface area is 144 Å². The Kier molecular flexibility index (Phi) is 7.46. The summed E-state index contributed by atoms with van der Waals surface area (Å²) in [6, 6.07) is 8.92. The molecule has 3 rings (SSSR count). The highest BCUT2D eigenvalue weighted by molar-refractivity contribution is 5.85. The average Bonchev–Trinajstić information content (AvgIpc) is 3.19. The van der Waals surface area contributed by atoms with Crippen LogP contribution in [0.3, 0.4) is 0 Å². The molecule has 1 saturated carbocycles. The summed E-state index contributed by atoms with van der Waals surface area (Å²) in [5.74, 6) is 0.149. The first-order valence-corrected chi connectivity index (χ1v) is 7.59. The van der Waals surface area contributed by atoms with Crippen LogP contribution in [-0.2, 0) is 11.2 Å². The minimum Gasteiger partial charge on any atom is -0.399 e. The first-order chi connectivity index (χ1) is 9.72. The Morgan fingerprint density at radius 1 is 1.23 bits per heavy atom. The van der Waals surface area contributed by atoms with Gasteiger partial charge in [-0.15, -0.1) is 24.8 Å². The number of rotatable bonds is 5. The maximum Gasteiger partial charge on any atom is 0.220 e. The fraction of sp³-hybridized carbons (Fsp3) is 0.562. The van der Waals surface area contributed by atoms with Crippen molar-refractivity contribution in [1.82, 2.24) is 10.2 Å². The largest absolute Gasteiger partial charge is 0.399 e. The second-order valence-electron chi connectivity index (χ2n) is 5.98. The van der Waals surface area contributed by atoms with Gasteiger partial charge in [0, 0.05) is 37.3 Å². The lowest BCUT2D eigenvalue weighted by Crippen LogP contribution is -2.37. The molecule has 4 nitrogen and oxygen atoms in total. The standard InChI is InChI=1S/C16H23N3O.2ClH/c17-15-4-2-1-3-12(15)5-8-16(20)18-13-9-10-19(11-13)14-6-7-14;;/h1-4,13-14H,5-11,17H2,(H,18,20);2*1H. The van der Waals surface area contributed by atoms with Gasteiger partial charge in [-0.05, 0) is 37.3 Å². The Hall–Kier alpha value is -0.970. The molecule has 6 heteroatoms. The molecular weight excluding hydrogens is 321 g/mol. The molecule has 0 radical (unpaired) electrons. The minimum atomic E-state index is 0. The summed E-state index contributed by atoms with van der Waals surface area (Å²) in [6.45, 7) is 2.17. The van der Waals surface area contributed by atoms with Gasteiger partial charge in [-0.1, -0.05) is 18.2 Å². The van der Waals surface area contributed by atoms with E-state index in [-0.39, 0.29) is 30.7 Å². The van der Waals surface area contributed by atoms with Gasteiger partial charge < -0.3 is 11.1 Å². The molecule has 124 valence electrons. The third kappa shape index (κ3) is 5.04. The number of benzene rings is 1. The molecule has 2 aliphatic rings. The van der Waals surface area contributed by atoms with Crippen LogP contribution >= 0.6 is 24.8 Å². The van der Waals surface area contributed by atoms with E-state index >= 15 is 0 Å². The Morgan fingerprint density at radius 3 is 2.64 bits per heavy atom. The number of anilines is 1. The van der Waals surface area contributed by atoms with Crippen LogP contribution < -0.4 is 11.1 Å². The lowest BCUT2D eigenvalue weighted by atomic mass is 10.1. The van der Waals surface area contributed by atoms with Gasteiger partial charge in [0.05, 0.1) is 0 Å². The summed E-state index contributed by atoms with van der Waals surface area (Å²) in [6.07, 6.45) is 5.02. The van der Waals surface area contributed by atoms with Gasteiger partial charge in [0.15, 0.2) is 0 Å². The topological polar surface area (TPSA) is 58.4 Å². The van der Waals surface area contributed by atoms with Gasteiger partial charge in [-0.25, -0.2) is 0 Å². The minimum absolute atomic E-state index is 0. The quantitative estimate of drug-likeness (QED) is 0.805. The molecule has 1 heterocycles. The van der Waals surface area contributed by atoms with E-state index in [1.54, 1.807) is 0 Å². The van der Waals surface area contributed by atoms with E-state index in [4.69, 9.17) is 5.73 Å². The summed E-state index contributed by atoms with van der Waals surface area (Å²) in [7, 11) is 0. The number of halogens is 2. The lowest BCUT2D eigenvalue weighted by molar-refractivity contribution is -0.121. The fourth-order valence-corrected chi connectivity index (χ4v) is 2.99. The highest BCUT2D eigenvalue weighted by atomic mass is 35.5. The third-order valence-corrected chi connectivity index (χ3v) is 4.32. The van der Waals surface area contributed by atoms with Crippen molar-refractivity contribution in [2.45, 2.75) is 44.2 Å². The van der Waals surface area contributed by atoms with E-state index in [2.05, 4.69) is 10.2 Å². The molecule has 1 aromatic rings. The van der Waals surface area contributed by atoms with Gasteiger partial charge in [0.1, 0.15) is 0 Å². The van der Waals surface area contributed by atoms with Crippen LogP contribution in [-0.4, -0.2) is 36.0 Å². The van der Waals surface area contributed by atoms with Gasteiger partial charge in [0.2, 0.25) is 5.91 Å². The number of hydrogen-bond donors (Lipinski definition) is 2. The second kappa shape index (κ2) is 8.61. The van der Waals surface area contributed by atoms with Gasteiger partial charge in [-0.2, -0.15) is 0 Å². The number of nitrogens with one attached hydrogen (secondary N) is 1. The molecule has 22 heavy (non-hydrogen) atoms. The smallest absolute Gasteiger partial charge is 0.220 e. The lowest BCUT2D eigenvalue weighted by Gasteiger charge is -2.15. The zero-order chi connectivity index (χ0) is 13.9. The maximum atomic E-state index is 12.0. The van der Waals surface area contributed by atoms with E-state index < -0.39 is 0 Å². The normalized spacial score (nSPS) is 20.8. The van der Waals surface area contributed by atoms with Crippen molar-refractivity contribution in [3.63, 3.8) is 0 Å². The van der Waals surface area contributed by atoms with Crippen LogP contribution in [0.2, 0.25) is 0 Å². The monoisotopic (exact) mass is 345 g/mol. The van der Waals surface area contributed by atoms with E-state index in [9.17, 15) is 4.79 Å². The summed E-state index contributed by atoms with van der Waals surface area (Å²) in [4.78, 5) is 14.5. The predicted molar refractivity (Wildman–Crippen MR) is 94.8 cm³/mol. The summed E-state index contributed by atoms with van der Waals surface area (Å²) >= 11 is 0. The number of hydrogen-bond acceptors (Lipinski definition) is 3. The van der Waals surface area contributed by atoms with Crippen molar-refractivity contribution >= 4 is 36.4 Å². The molecule has 0 aromatic heterocycles. The third-order valence-electron chi connectivity index (χ3n) is 4.32. The van der Waals surface area contributed by atoms with E-state index in [0.717, 1.165) is 43.2 Å². The molecule has 0 bridgehead atoms. The van der Waals surface area contributed by atoms with Crippen molar-refractivity contribution in [1.29, 1.82) is 0 Å². The summed E-state index contributed by atoms with van der Waals surface area (Å²) in [5, 5.41) is 3.16. The number of nitrogen functional groups attached to an aromatic ring is 1. The summed E-state index contributed by atoms with van der Waals surface area (Å²) < 4.78 is 0. The Morgan fingerprint density at radius 2 is 1.95 bits per heavy atom. The zero-order valence-corrected chi connectivity index (χ0v) is 14.3. The van der Waals surface area contributed by atoms with Crippen molar-refractivity contribution in [3.05, 3.63) is 29.8 Å². The van der Waals surface area contributed by atoms with Crippen molar-refractivity contribution in [3.8, 4) is 0 Å². The second-order valence-corrected chi connectivity index (χ2v) is 5.98. The van der Waals surface area contributed by atoms with Crippen molar-refractivity contribution in [2.75, 3.05) is 18.8 Å². The van der Waals surface area contributed by atoms with Crippen LogP contribution in [0.25, 0.3) is 0 Å². The van der Waals surface area contributed by atoms with E-state index in [1.165, 1.54) is 12.8 Å². The van der Waals surface area contributed by atoms with Crippen LogP contribution in [0.5, 0.6) is 0 Å². The summed E-state index contributed by atoms with van der Waals surface area (Å²) in [5.41, 5.74) is 7.73. The van der Waals surface area contributed by atoms with Crippen molar-refractivity contribution in [2.24, 2.45) is 0 Å². The van der Waals surface area contributed by atoms with Crippen LogP contribution in [0.4, 0.5) is 5.69 Å². The number of aryl methyl sites for hydroxylation is 1. The molecule has 1 saturated heterocycles. The van der Waals surface area contributed by atoms with Crippen LogP contribution in [0.1, 0.15) is 31.2 Å². The number of likely N-dealkylation sites (tertiary alicyclic amines) is 1. The molecule has 0 spiro atoms. The molecule has 3 N–H and O–H groups in total. The SMILES string of the molecule is Cl.Cl.Nc1ccccc1CCC(=O)NC1CCN(C2CC2)C1. The van der Waals surface area contributed by atoms with Crippen molar-refractivity contribution < 1.29 is 4.79 Å². The molecule has 1 aliphatic heterocycles. The molecule has 1 atom stereocenters. The number of nitrogens with two attached hydrogens (primary N) is 1. The number of amides is 1. The zero-order valence-electron chi connectivity index (χ0n) is 12.7. The van der Waals surface area contributed by atoms with Gasteiger partial charge in [-0.3, -0.25) is 9.69 Å². The predicted octanol–water partition coefficient (Wildman–Crippen LogP) is 2.40. The Bertz CT molecular complexity index is 494. The first kappa shape index (κ1) is 19.1. The molecular formula is C16H25Cl2N3O. The molecule has 1 aliphatic carbocycles. The molecule has 1 aromatic carbocycles. The average molecular weight is 346 g/mol. The molecule has 2 fully saturated rings. The highest BCUT2D eigenvalue weighted by Crippen LogP contribution is 2.29. The number of para-hydroxylation sites is 1. The fourth-order valence-electron chi connectivity index (χ4n) is 2.99. The number of nitrogens with zero attached hydrogens (tertiary/aromatic N) is 1. The van der Waals surface area contributed by atoms with Gasteiger partial charge >= 0.3 is 0 Å². The molecule has 1 amide bonds. The first-order valence-electron chi connectivity index (χ1n) is 7.59. The van der Waals surface area contributed by atoms with E-state index in [0.29, 0.717) is 12.5 Å². The van der Waals surface area contributed by atoms with Crippen LogP contribution in [0.15, 0.2) is 24.3 Å². The van der Waals surface area contributed by atoms with E-state index in [1.807, 2.05) is 24.3 Å².